The van der Waals surface area contributed by atoms with Crippen molar-refractivity contribution in [3.05, 3.63) is 53.6 Å². The topological polar surface area (TPSA) is 55.1 Å². The minimum absolute atomic E-state index is 0.0270. The maximum absolute atomic E-state index is 10.5. The molecule has 0 aliphatic carbocycles. The molecule has 0 amide bonds. The van der Waals surface area contributed by atoms with Crippen LogP contribution in [0.25, 0.3) is 0 Å². The van der Waals surface area contributed by atoms with E-state index in [0.29, 0.717) is 12.2 Å². The van der Waals surface area contributed by atoms with E-state index >= 15 is 0 Å². The van der Waals surface area contributed by atoms with Crippen LogP contribution in [0.1, 0.15) is 16.8 Å². The Kier molecular flexibility index (Phi) is 3.23. The summed E-state index contributed by atoms with van der Waals surface area (Å²) in [6, 6.07) is 8.22. The van der Waals surface area contributed by atoms with Gasteiger partial charge in [0.2, 0.25) is 0 Å². The molecule has 1 aromatic carbocycles. The van der Waals surface area contributed by atoms with Gasteiger partial charge in [0.25, 0.3) is 0 Å². The van der Waals surface area contributed by atoms with Crippen LogP contribution >= 0.6 is 0 Å². The fraction of sp³-hybridized carbons (Fsp3) is 0.231. The van der Waals surface area contributed by atoms with E-state index < -0.39 is 5.97 Å². The van der Waals surface area contributed by atoms with Crippen LogP contribution in [-0.4, -0.2) is 20.6 Å². The Morgan fingerprint density at radius 1 is 1.47 bits per heavy atom. The van der Waals surface area contributed by atoms with Crippen LogP contribution in [0.3, 0.4) is 0 Å². The third kappa shape index (κ3) is 3.17. The molecule has 0 fully saturated rings. The minimum Gasteiger partial charge on any atom is -0.481 e. The third-order valence-corrected chi connectivity index (χ3v) is 2.47. The molecule has 0 saturated heterocycles. The van der Waals surface area contributed by atoms with Gasteiger partial charge in [-0.1, -0.05) is 29.8 Å². The molecule has 0 bridgehead atoms. The van der Waals surface area contributed by atoms with Gasteiger partial charge in [-0.15, -0.1) is 0 Å². The van der Waals surface area contributed by atoms with Crippen LogP contribution in [0.4, 0.5) is 0 Å². The molecule has 0 aliphatic rings. The Labute approximate surface area is 99.5 Å². The largest absolute Gasteiger partial charge is 0.481 e. The molecule has 1 heterocycles. The van der Waals surface area contributed by atoms with Crippen LogP contribution < -0.4 is 0 Å². The SMILES string of the molecule is Cc1cccc(Cn2cnc(CC(=O)O)c2)c1. The maximum atomic E-state index is 10.5. The first-order valence-electron chi connectivity index (χ1n) is 5.41. The summed E-state index contributed by atoms with van der Waals surface area (Å²) in [7, 11) is 0. The van der Waals surface area contributed by atoms with Gasteiger partial charge in [-0.25, -0.2) is 4.98 Å². The first kappa shape index (κ1) is 11.4. The van der Waals surface area contributed by atoms with Crippen molar-refractivity contribution >= 4 is 5.97 Å². The van der Waals surface area contributed by atoms with Crippen molar-refractivity contribution in [1.29, 1.82) is 0 Å². The second-order valence-corrected chi connectivity index (χ2v) is 4.10. The van der Waals surface area contributed by atoms with Crippen LogP contribution in [0.15, 0.2) is 36.8 Å². The minimum atomic E-state index is -0.856. The number of carboxylic acids is 1. The number of aromatic nitrogens is 2. The summed E-state index contributed by atoms with van der Waals surface area (Å²) < 4.78 is 1.90. The molecule has 4 nitrogen and oxygen atoms in total. The highest BCUT2D eigenvalue weighted by atomic mass is 16.4. The summed E-state index contributed by atoms with van der Waals surface area (Å²) in [6.07, 6.45) is 3.41. The van der Waals surface area contributed by atoms with E-state index in [9.17, 15) is 4.79 Å². The molecule has 0 spiro atoms. The van der Waals surface area contributed by atoms with Gasteiger partial charge in [-0.05, 0) is 12.5 Å². The molecular formula is C13H14N2O2. The highest BCUT2D eigenvalue weighted by Crippen LogP contribution is 2.07. The summed E-state index contributed by atoms with van der Waals surface area (Å²) >= 11 is 0. The Balaban J connectivity index is 2.08. The summed E-state index contributed by atoms with van der Waals surface area (Å²) in [4.78, 5) is 14.6. The number of nitrogens with zero attached hydrogens (tertiary/aromatic N) is 2. The smallest absolute Gasteiger partial charge is 0.309 e. The zero-order chi connectivity index (χ0) is 12.3. The van der Waals surface area contributed by atoms with Crippen molar-refractivity contribution in [3.63, 3.8) is 0 Å². The lowest BCUT2D eigenvalue weighted by atomic mass is 10.1. The van der Waals surface area contributed by atoms with Crippen molar-refractivity contribution < 1.29 is 9.90 Å². The Bertz CT molecular complexity index is 532. The quantitative estimate of drug-likeness (QED) is 0.872. The van der Waals surface area contributed by atoms with Crippen molar-refractivity contribution in [3.8, 4) is 0 Å². The van der Waals surface area contributed by atoms with Gasteiger partial charge in [0.05, 0.1) is 18.4 Å². The number of imidazole rings is 1. The van der Waals surface area contributed by atoms with E-state index in [1.165, 1.54) is 11.1 Å². The Morgan fingerprint density at radius 3 is 3.00 bits per heavy atom. The molecule has 1 N–H and O–H groups in total. The molecule has 2 aromatic rings. The fourth-order valence-electron chi connectivity index (χ4n) is 1.76. The van der Waals surface area contributed by atoms with Crippen molar-refractivity contribution in [2.24, 2.45) is 0 Å². The van der Waals surface area contributed by atoms with E-state index in [2.05, 4.69) is 11.1 Å². The zero-order valence-electron chi connectivity index (χ0n) is 9.63. The molecule has 88 valence electrons. The lowest BCUT2D eigenvalue weighted by Crippen LogP contribution is -2.00. The van der Waals surface area contributed by atoms with Crippen molar-refractivity contribution in [1.82, 2.24) is 9.55 Å². The molecule has 0 aliphatic heterocycles. The van der Waals surface area contributed by atoms with Crippen LogP contribution in [0.5, 0.6) is 0 Å². The average Bonchev–Trinajstić information content (AvgIpc) is 2.64. The number of hydrogen-bond donors (Lipinski definition) is 1. The number of hydrogen-bond acceptors (Lipinski definition) is 2. The highest BCUT2D eigenvalue weighted by Gasteiger charge is 2.04. The summed E-state index contributed by atoms with van der Waals surface area (Å²) in [5, 5.41) is 8.65. The molecule has 0 radical (unpaired) electrons. The van der Waals surface area contributed by atoms with Crippen molar-refractivity contribution in [2.75, 3.05) is 0 Å². The van der Waals surface area contributed by atoms with E-state index in [1.807, 2.05) is 29.7 Å². The molecule has 2 rings (SSSR count). The third-order valence-electron chi connectivity index (χ3n) is 2.47. The van der Waals surface area contributed by atoms with Crippen LogP contribution in [0.2, 0.25) is 0 Å². The average molecular weight is 230 g/mol. The Hall–Kier alpha value is -2.10. The van der Waals surface area contributed by atoms with Gasteiger partial charge in [0.1, 0.15) is 0 Å². The van der Waals surface area contributed by atoms with E-state index in [0.717, 1.165) is 0 Å². The number of aliphatic carboxylic acids is 1. The second kappa shape index (κ2) is 4.82. The van der Waals surface area contributed by atoms with Crippen LogP contribution in [-0.2, 0) is 17.8 Å². The summed E-state index contributed by atoms with van der Waals surface area (Å²) in [6.45, 7) is 2.77. The lowest BCUT2D eigenvalue weighted by Gasteiger charge is -2.03. The molecule has 1 aromatic heterocycles. The second-order valence-electron chi connectivity index (χ2n) is 4.10. The summed E-state index contributed by atoms with van der Waals surface area (Å²) in [5.74, 6) is -0.856. The predicted octanol–water partition coefficient (Wildman–Crippen LogP) is 1.87. The first-order valence-corrected chi connectivity index (χ1v) is 5.41. The van der Waals surface area contributed by atoms with Gasteiger partial charge >= 0.3 is 5.97 Å². The predicted molar refractivity (Wildman–Crippen MR) is 63.8 cm³/mol. The van der Waals surface area contributed by atoms with Gasteiger partial charge in [-0.3, -0.25) is 4.79 Å². The summed E-state index contributed by atoms with van der Waals surface area (Å²) in [5.41, 5.74) is 2.99. The lowest BCUT2D eigenvalue weighted by molar-refractivity contribution is -0.136. The highest BCUT2D eigenvalue weighted by molar-refractivity contribution is 5.69. The maximum Gasteiger partial charge on any atom is 0.309 e. The number of carbonyl (C=O) groups is 1. The van der Waals surface area contributed by atoms with Gasteiger partial charge < -0.3 is 9.67 Å². The Morgan fingerprint density at radius 2 is 2.29 bits per heavy atom. The standard InChI is InChI=1S/C13H14N2O2/c1-10-3-2-4-11(5-10)7-15-8-12(14-9-15)6-13(16)17/h2-5,8-9H,6-7H2,1H3,(H,16,17). The van der Waals surface area contributed by atoms with E-state index in [4.69, 9.17) is 5.11 Å². The molecule has 0 unspecified atom stereocenters. The van der Waals surface area contributed by atoms with Gasteiger partial charge in [0, 0.05) is 12.7 Å². The molecule has 4 heteroatoms. The number of benzene rings is 1. The van der Waals surface area contributed by atoms with Gasteiger partial charge in [0.15, 0.2) is 0 Å². The monoisotopic (exact) mass is 230 g/mol. The van der Waals surface area contributed by atoms with E-state index in [1.54, 1.807) is 12.5 Å². The van der Waals surface area contributed by atoms with Crippen LogP contribution in [0, 0.1) is 6.92 Å². The normalized spacial score (nSPS) is 10.4. The van der Waals surface area contributed by atoms with E-state index in [-0.39, 0.29) is 6.42 Å². The number of carboxylic acid groups (broad SMARTS) is 1. The first-order chi connectivity index (χ1) is 8.13. The molecule has 0 saturated carbocycles. The van der Waals surface area contributed by atoms with Crippen molar-refractivity contribution in [2.45, 2.75) is 19.9 Å². The van der Waals surface area contributed by atoms with Gasteiger partial charge in [-0.2, -0.15) is 0 Å². The zero-order valence-corrected chi connectivity index (χ0v) is 9.63. The molecule has 0 atom stereocenters. The number of aryl methyl sites for hydroxylation is 1. The molecular weight excluding hydrogens is 216 g/mol. The number of rotatable bonds is 4. The molecule has 17 heavy (non-hydrogen) atoms. The fourth-order valence-corrected chi connectivity index (χ4v) is 1.76.